The van der Waals surface area contributed by atoms with Gasteiger partial charge in [-0.2, -0.15) is 13.2 Å². The van der Waals surface area contributed by atoms with Crippen LogP contribution in [0.25, 0.3) is 0 Å². The normalized spacial score (nSPS) is 12.4. The maximum atomic E-state index is 14.1. The van der Waals surface area contributed by atoms with Crippen molar-refractivity contribution in [1.82, 2.24) is 19.8 Å². The molecule has 2 aromatic rings. The molecule has 1 aromatic heterocycles. The number of halogens is 7. The number of rotatable bonds is 9. The van der Waals surface area contributed by atoms with Crippen LogP contribution in [0.1, 0.15) is 90.6 Å². The Morgan fingerprint density at radius 2 is 1.69 bits per heavy atom. The smallest absolute Gasteiger partial charge is 0.365 e. The Hall–Kier alpha value is -2.60. The zero-order valence-electron chi connectivity index (χ0n) is 26.0. The second-order valence-corrected chi connectivity index (χ2v) is 8.79. The Morgan fingerprint density at radius 3 is 2.19 bits per heavy atom. The van der Waals surface area contributed by atoms with E-state index in [-0.39, 0.29) is 23.9 Å². The van der Waals surface area contributed by atoms with Gasteiger partial charge in [0, 0.05) is 24.2 Å². The van der Waals surface area contributed by atoms with E-state index in [1.165, 1.54) is 24.0 Å². The van der Waals surface area contributed by atoms with Crippen LogP contribution in [0.15, 0.2) is 18.2 Å². The Labute approximate surface area is 251 Å². The summed E-state index contributed by atoms with van der Waals surface area (Å²) in [6.07, 6.45) is -5.36. The Kier molecular flexibility index (Phi) is 21.8. The lowest BCUT2D eigenvalue weighted by Gasteiger charge is -2.22. The summed E-state index contributed by atoms with van der Waals surface area (Å²) in [6, 6.07) is 3.83. The summed E-state index contributed by atoms with van der Waals surface area (Å²) >= 11 is 5.86. The van der Waals surface area contributed by atoms with Crippen molar-refractivity contribution in [2.75, 3.05) is 25.5 Å². The predicted octanol–water partition coefficient (Wildman–Crippen LogP) is 8.90. The van der Waals surface area contributed by atoms with Crippen LogP contribution < -0.4 is 5.32 Å². The molecule has 1 N–H and O–H groups in total. The SMILES string of the molecule is CC.CC.CC.CCCN(C)CC(C)C(F)(F)F.O=CN1Cc2nc(Cl)nc(NCc3cccc(C(F)F)c3F)c2C1. The number of alkyl halides is 5. The van der Waals surface area contributed by atoms with E-state index in [1.807, 2.05) is 48.5 Å². The molecule has 1 aliphatic heterocycles. The molecule has 242 valence electrons. The van der Waals surface area contributed by atoms with Crippen molar-refractivity contribution < 1.29 is 31.1 Å². The van der Waals surface area contributed by atoms with E-state index in [4.69, 9.17) is 11.6 Å². The summed E-state index contributed by atoms with van der Waals surface area (Å²) in [5.41, 5.74) is 0.720. The molecule has 3 rings (SSSR count). The number of carbonyl (C=O) groups excluding carboxylic acids is 1. The average molecular weight is 630 g/mol. The summed E-state index contributed by atoms with van der Waals surface area (Å²) in [5.74, 6) is -1.82. The first kappa shape index (κ1) is 41.5. The first-order valence-corrected chi connectivity index (χ1v) is 14.5. The molecule has 0 bridgehead atoms. The van der Waals surface area contributed by atoms with Crippen LogP contribution in [0.2, 0.25) is 5.28 Å². The summed E-state index contributed by atoms with van der Waals surface area (Å²) in [5, 5.41) is 2.88. The molecule has 0 saturated heterocycles. The van der Waals surface area contributed by atoms with Crippen molar-refractivity contribution in [2.24, 2.45) is 5.92 Å². The second kappa shape index (κ2) is 22.0. The highest BCUT2D eigenvalue weighted by atomic mass is 35.5. The highest BCUT2D eigenvalue weighted by Crippen LogP contribution is 2.29. The summed E-state index contributed by atoms with van der Waals surface area (Å²) in [6.45, 7) is 16.6. The van der Waals surface area contributed by atoms with Gasteiger partial charge in [-0.1, -0.05) is 73.6 Å². The standard InChI is InChI=1S/C15H12ClF3N4O.C8H16F3N.3C2H6/c16-15-21-11-6-23(7-24)5-10(11)14(22-15)20-4-8-2-1-3-9(12(8)17)13(18)19;1-4-5-12(3)6-7(2)8(9,10)11;3*1-2/h1-3,7,13H,4-6H2,(H,20,21,22);7H,4-6H2,1-3H3;3*1-2H3. The van der Waals surface area contributed by atoms with Gasteiger partial charge < -0.3 is 15.1 Å². The fourth-order valence-electron chi connectivity index (χ4n) is 3.60. The summed E-state index contributed by atoms with van der Waals surface area (Å²) in [7, 11) is 1.71. The van der Waals surface area contributed by atoms with E-state index in [0.29, 0.717) is 36.6 Å². The average Bonchev–Trinajstić information content (AvgIpc) is 3.38. The quantitative estimate of drug-likeness (QED) is 0.171. The second-order valence-electron chi connectivity index (χ2n) is 8.46. The number of nitrogens with zero attached hydrogens (tertiary/aromatic N) is 4. The molecule has 1 amide bonds. The van der Waals surface area contributed by atoms with Crippen molar-refractivity contribution in [2.45, 2.75) is 94.0 Å². The third-order valence-corrected chi connectivity index (χ3v) is 5.64. The molecule has 0 spiro atoms. The van der Waals surface area contributed by atoms with Gasteiger partial charge in [-0.15, -0.1) is 0 Å². The van der Waals surface area contributed by atoms with Crippen molar-refractivity contribution in [3.05, 3.63) is 51.7 Å². The van der Waals surface area contributed by atoms with Crippen molar-refractivity contribution in [1.29, 1.82) is 0 Å². The van der Waals surface area contributed by atoms with Crippen LogP contribution in [-0.2, 0) is 24.4 Å². The number of carbonyl (C=O) groups is 1. The molecule has 1 aromatic carbocycles. The van der Waals surface area contributed by atoms with Crippen molar-refractivity contribution in [3.63, 3.8) is 0 Å². The molecule has 1 atom stereocenters. The molecule has 1 unspecified atom stereocenters. The molecule has 2 heterocycles. The van der Waals surface area contributed by atoms with Gasteiger partial charge in [-0.3, -0.25) is 4.79 Å². The van der Waals surface area contributed by atoms with Crippen LogP contribution >= 0.6 is 11.6 Å². The number of aromatic nitrogens is 2. The van der Waals surface area contributed by atoms with Crippen LogP contribution in [0.4, 0.5) is 32.2 Å². The highest BCUT2D eigenvalue weighted by molar-refractivity contribution is 6.28. The number of benzene rings is 1. The third-order valence-electron chi connectivity index (χ3n) is 5.47. The summed E-state index contributed by atoms with van der Waals surface area (Å²) < 4.78 is 75.6. The van der Waals surface area contributed by atoms with Gasteiger partial charge in [0.15, 0.2) is 0 Å². The van der Waals surface area contributed by atoms with E-state index < -0.39 is 29.9 Å². The minimum Gasteiger partial charge on any atom is -0.365 e. The molecule has 0 saturated carbocycles. The molecular weight excluding hydrogens is 584 g/mol. The number of fused-ring (bicyclic) bond motifs is 1. The number of anilines is 1. The Morgan fingerprint density at radius 1 is 1.10 bits per heavy atom. The first-order chi connectivity index (χ1) is 19.9. The minimum atomic E-state index is -4.05. The van der Waals surface area contributed by atoms with Gasteiger partial charge in [0.1, 0.15) is 11.6 Å². The fraction of sp³-hybridized carbons (Fsp3) is 0.621. The molecule has 13 heteroatoms. The fourth-order valence-corrected chi connectivity index (χ4v) is 3.78. The van der Waals surface area contributed by atoms with Crippen molar-refractivity contribution in [3.8, 4) is 0 Å². The topological polar surface area (TPSA) is 61.4 Å². The number of amides is 1. The molecule has 0 radical (unpaired) electrons. The third kappa shape index (κ3) is 14.0. The van der Waals surface area contributed by atoms with Crippen LogP contribution in [0.5, 0.6) is 0 Å². The van der Waals surface area contributed by atoms with E-state index >= 15 is 0 Å². The van der Waals surface area contributed by atoms with Gasteiger partial charge in [-0.25, -0.2) is 23.1 Å². The lowest BCUT2D eigenvalue weighted by Crippen LogP contribution is -2.33. The molecule has 42 heavy (non-hydrogen) atoms. The van der Waals surface area contributed by atoms with E-state index in [0.717, 1.165) is 19.0 Å². The van der Waals surface area contributed by atoms with Gasteiger partial charge in [0.25, 0.3) is 6.43 Å². The number of nitrogens with one attached hydrogen (secondary N) is 1. The van der Waals surface area contributed by atoms with Gasteiger partial charge in [-0.05, 0) is 31.6 Å². The lowest BCUT2D eigenvalue weighted by atomic mass is 10.1. The summed E-state index contributed by atoms with van der Waals surface area (Å²) in [4.78, 5) is 22.2. The molecule has 1 aliphatic rings. The zero-order chi connectivity index (χ0) is 33.0. The van der Waals surface area contributed by atoms with E-state index in [9.17, 15) is 31.1 Å². The first-order valence-electron chi connectivity index (χ1n) is 14.2. The maximum absolute atomic E-state index is 14.1. The predicted molar refractivity (Wildman–Crippen MR) is 158 cm³/mol. The van der Waals surface area contributed by atoms with Crippen LogP contribution in [-0.4, -0.2) is 52.5 Å². The lowest BCUT2D eigenvalue weighted by molar-refractivity contribution is -0.173. The van der Waals surface area contributed by atoms with Gasteiger partial charge in [0.05, 0.1) is 30.3 Å². The van der Waals surface area contributed by atoms with Gasteiger partial charge >= 0.3 is 6.18 Å². The molecular formula is C29H46ClF6N5O. The van der Waals surface area contributed by atoms with Crippen LogP contribution in [0, 0.1) is 11.7 Å². The highest BCUT2D eigenvalue weighted by Gasteiger charge is 2.36. The van der Waals surface area contributed by atoms with Crippen LogP contribution in [0.3, 0.4) is 0 Å². The molecule has 6 nitrogen and oxygen atoms in total. The molecule has 0 fully saturated rings. The molecule has 0 aliphatic carbocycles. The Balaban J connectivity index is 0. The Bertz CT molecular complexity index is 1030. The minimum absolute atomic E-state index is 0.00852. The van der Waals surface area contributed by atoms with E-state index in [2.05, 4.69) is 15.3 Å². The monoisotopic (exact) mass is 629 g/mol. The zero-order valence-corrected chi connectivity index (χ0v) is 26.8. The largest absolute Gasteiger partial charge is 0.392 e. The number of hydrogen-bond acceptors (Lipinski definition) is 5. The van der Waals surface area contributed by atoms with E-state index in [1.54, 1.807) is 11.9 Å². The van der Waals surface area contributed by atoms with Crippen molar-refractivity contribution >= 4 is 23.8 Å². The van der Waals surface area contributed by atoms with Gasteiger partial charge in [0.2, 0.25) is 11.7 Å². The number of hydrogen-bond donors (Lipinski definition) is 1. The maximum Gasteiger partial charge on any atom is 0.392 e.